The lowest BCUT2D eigenvalue weighted by Crippen LogP contribution is -2.19. The third-order valence-corrected chi connectivity index (χ3v) is 4.61. The number of phenols is 1. The first-order chi connectivity index (χ1) is 10.1. The van der Waals surface area contributed by atoms with Gasteiger partial charge in [0.25, 0.3) is 5.91 Å². The van der Waals surface area contributed by atoms with Crippen LogP contribution in [0.2, 0.25) is 0 Å². The van der Waals surface area contributed by atoms with Crippen molar-refractivity contribution in [3.8, 4) is 5.75 Å². The highest BCUT2D eigenvalue weighted by molar-refractivity contribution is 9.10. The summed E-state index contributed by atoms with van der Waals surface area (Å²) < 4.78 is 0.826. The molecule has 1 aliphatic heterocycles. The van der Waals surface area contributed by atoms with E-state index in [1.54, 1.807) is 30.5 Å². The summed E-state index contributed by atoms with van der Waals surface area (Å²) >= 11 is 5.94. The van der Waals surface area contributed by atoms with Crippen LogP contribution in [0.4, 0.5) is 5.13 Å². The molecule has 1 saturated heterocycles. The zero-order chi connectivity index (χ0) is 14.8. The van der Waals surface area contributed by atoms with Crippen LogP contribution in [0.1, 0.15) is 5.56 Å². The maximum Gasteiger partial charge on any atom is 0.264 e. The molecule has 8 heteroatoms. The number of nitrogens with zero attached hydrogens (tertiary/aromatic N) is 2. The number of hydrogen-bond donors (Lipinski definition) is 2. The lowest BCUT2D eigenvalue weighted by molar-refractivity contribution is -0.115. The molecular weight excluding hydrogens is 374 g/mol. The Labute approximate surface area is 137 Å². The minimum Gasteiger partial charge on any atom is -0.507 e. The van der Waals surface area contributed by atoms with Crippen molar-refractivity contribution < 1.29 is 9.90 Å². The van der Waals surface area contributed by atoms with Crippen LogP contribution in [0.15, 0.2) is 44.1 Å². The molecule has 0 unspecified atom stereocenters. The van der Waals surface area contributed by atoms with Gasteiger partial charge in [-0.3, -0.25) is 4.79 Å². The first-order valence-electron chi connectivity index (χ1n) is 5.79. The second kappa shape index (κ2) is 6.00. The normalized spacial score (nSPS) is 18.4. The van der Waals surface area contributed by atoms with Crippen LogP contribution in [0.3, 0.4) is 0 Å². The average Bonchev–Trinajstić information content (AvgIpc) is 3.05. The maximum atomic E-state index is 11.9. The van der Waals surface area contributed by atoms with Crippen molar-refractivity contribution in [2.75, 3.05) is 0 Å². The van der Waals surface area contributed by atoms with E-state index < -0.39 is 0 Å². The van der Waals surface area contributed by atoms with Crippen molar-refractivity contribution in [3.05, 3.63) is 44.7 Å². The van der Waals surface area contributed by atoms with E-state index in [2.05, 4.69) is 31.2 Å². The summed E-state index contributed by atoms with van der Waals surface area (Å²) in [5.41, 5.74) is 0.567. The Morgan fingerprint density at radius 1 is 1.43 bits per heavy atom. The van der Waals surface area contributed by atoms with Crippen LogP contribution in [-0.2, 0) is 4.79 Å². The van der Waals surface area contributed by atoms with E-state index in [1.807, 2.05) is 5.38 Å². The molecule has 1 aromatic heterocycles. The van der Waals surface area contributed by atoms with E-state index in [-0.39, 0.29) is 11.7 Å². The third kappa shape index (κ3) is 3.34. The standard InChI is InChI=1S/C13H8BrN3O2S2/c14-8-1-2-9(18)7(5-8)6-10-11(19)16-13(21-10)17-12-15-3-4-20-12/h1-6,18H,(H,15,16,17,19)/b10-6-. The zero-order valence-electron chi connectivity index (χ0n) is 10.4. The molecule has 106 valence electrons. The van der Waals surface area contributed by atoms with Gasteiger partial charge in [-0.05, 0) is 36.0 Å². The first kappa shape index (κ1) is 14.3. The van der Waals surface area contributed by atoms with Crippen molar-refractivity contribution >= 4 is 61.3 Å². The van der Waals surface area contributed by atoms with Crippen LogP contribution < -0.4 is 5.32 Å². The summed E-state index contributed by atoms with van der Waals surface area (Å²) in [6.45, 7) is 0. The number of rotatable bonds is 2. The number of nitrogens with one attached hydrogen (secondary N) is 1. The minimum atomic E-state index is -0.241. The number of aromatic nitrogens is 1. The Morgan fingerprint density at radius 2 is 2.29 bits per heavy atom. The second-order valence-corrected chi connectivity index (χ2v) is 6.82. The van der Waals surface area contributed by atoms with Gasteiger partial charge in [0.15, 0.2) is 5.17 Å². The number of benzene rings is 1. The Balaban J connectivity index is 1.88. The van der Waals surface area contributed by atoms with Gasteiger partial charge in [0.2, 0.25) is 5.13 Å². The van der Waals surface area contributed by atoms with Crippen LogP contribution >= 0.6 is 39.0 Å². The molecule has 5 nitrogen and oxygen atoms in total. The van der Waals surface area contributed by atoms with Crippen LogP contribution in [0, 0.1) is 0 Å². The predicted molar refractivity (Wildman–Crippen MR) is 88.7 cm³/mol. The average molecular weight is 382 g/mol. The molecule has 1 aromatic carbocycles. The largest absolute Gasteiger partial charge is 0.507 e. The molecule has 0 spiro atoms. The Kier molecular flexibility index (Phi) is 4.09. The molecule has 0 bridgehead atoms. The van der Waals surface area contributed by atoms with E-state index in [0.717, 1.165) is 4.47 Å². The van der Waals surface area contributed by atoms with E-state index in [4.69, 9.17) is 0 Å². The smallest absolute Gasteiger partial charge is 0.264 e. The fourth-order valence-electron chi connectivity index (χ4n) is 1.62. The molecule has 1 fully saturated rings. The number of thioether (sulfide) groups is 1. The lowest BCUT2D eigenvalue weighted by atomic mass is 10.2. The molecule has 1 amide bonds. The molecule has 3 rings (SSSR count). The Morgan fingerprint density at radius 3 is 3.05 bits per heavy atom. The Hall–Kier alpha value is -1.64. The second-order valence-electron chi connectivity index (χ2n) is 4.00. The molecule has 2 N–H and O–H groups in total. The van der Waals surface area contributed by atoms with Gasteiger partial charge >= 0.3 is 0 Å². The maximum absolute atomic E-state index is 11.9. The van der Waals surface area contributed by atoms with Gasteiger partial charge in [-0.1, -0.05) is 15.9 Å². The molecule has 0 aliphatic carbocycles. The van der Waals surface area contributed by atoms with E-state index >= 15 is 0 Å². The summed E-state index contributed by atoms with van der Waals surface area (Å²) in [5.74, 6) is -0.126. The summed E-state index contributed by atoms with van der Waals surface area (Å²) in [4.78, 5) is 20.7. The Bertz CT molecular complexity index is 757. The quantitative estimate of drug-likeness (QED) is 0.780. The predicted octanol–water partition coefficient (Wildman–Crippen LogP) is 3.50. The van der Waals surface area contributed by atoms with Gasteiger partial charge in [-0.25, -0.2) is 4.98 Å². The van der Waals surface area contributed by atoms with Crippen LogP contribution in [0.5, 0.6) is 5.75 Å². The van der Waals surface area contributed by atoms with E-state index in [1.165, 1.54) is 23.1 Å². The summed E-state index contributed by atoms with van der Waals surface area (Å²) in [6.07, 6.45) is 3.28. The zero-order valence-corrected chi connectivity index (χ0v) is 13.6. The van der Waals surface area contributed by atoms with Crippen LogP contribution in [-0.4, -0.2) is 21.2 Å². The molecule has 2 heterocycles. The number of aliphatic imine (C=N–C) groups is 1. The van der Waals surface area contributed by atoms with E-state index in [0.29, 0.717) is 20.8 Å². The van der Waals surface area contributed by atoms with E-state index in [9.17, 15) is 9.90 Å². The highest BCUT2D eigenvalue weighted by Gasteiger charge is 2.24. The number of aromatic hydroxyl groups is 1. The number of carbonyl (C=O) groups excluding carboxylic acids is 1. The van der Waals surface area contributed by atoms with Crippen molar-refractivity contribution in [2.45, 2.75) is 0 Å². The summed E-state index contributed by atoms with van der Waals surface area (Å²) in [5, 5.41) is 15.4. The highest BCUT2D eigenvalue weighted by Crippen LogP contribution is 2.31. The molecule has 0 saturated carbocycles. The summed E-state index contributed by atoms with van der Waals surface area (Å²) in [7, 11) is 0. The van der Waals surface area contributed by atoms with Crippen molar-refractivity contribution in [1.82, 2.24) is 10.3 Å². The number of phenolic OH excluding ortho intramolecular Hbond substituents is 1. The molecular formula is C13H8BrN3O2S2. The van der Waals surface area contributed by atoms with Gasteiger partial charge in [0, 0.05) is 21.6 Å². The molecule has 0 radical (unpaired) electrons. The summed E-state index contributed by atoms with van der Waals surface area (Å²) in [6, 6.07) is 5.04. The van der Waals surface area contributed by atoms with Gasteiger partial charge in [0.05, 0.1) is 4.91 Å². The third-order valence-electron chi connectivity index (χ3n) is 2.54. The van der Waals surface area contributed by atoms with Gasteiger partial charge in [0.1, 0.15) is 5.75 Å². The molecule has 0 atom stereocenters. The number of thiazole rings is 1. The van der Waals surface area contributed by atoms with Gasteiger partial charge in [-0.2, -0.15) is 4.99 Å². The molecule has 21 heavy (non-hydrogen) atoms. The van der Waals surface area contributed by atoms with Crippen LogP contribution in [0.25, 0.3) is 6.08 Å². The van der Waals surface area contributed by atoms with Gasteiger partial charge in [-0.15, -0.1) is 11.3 Å². The number of halogens is 1. The fourth-order valence-corrected chi connectivity index (χ4v) is 3.38. The van der Waals surface area contributed by atoms with Crippen molar-refractivity contribution in [2.24, 2.45) is 4.99 Å². The molecule has 1 aliphatic rings. The highest BCUT2D eigenvalue weighted by atomic mass is 79.9. The number of carbonyl (C=O) groups is 1. The number of amidine groups is 1. The lowest BCUT2D eigenvalue weighted by Gasteiger charge is -2.00. The molecule has 2 aromatic rings. The monoisotopic (exact) mass is 381 g/mol. The topological polar surface area (TPSA) is 74.6 Å². The first-order valence-corrected chi connectivity index (χ1v) is 8.28. The van der Waals surface area contributed by atoms with Crippen molar-refractivity contribution in [3.63, 3.8) is 0 Å². The SMILES string of the molecule is O=C1NC(=Nc2nccs2)S/C1=C\c1cc(Br)ccc1O. The van der Waals surface area contributed by atoms with Gasteiger partial charge < -0.3 is 10.4 Å². The fraction of sp³-hybridized carbons (Fsp3) is 0. The minimum absolute atomic E-state index is 0.115. The number of amides is 1. The number of hydrogen-bond acceptors (Lipinski definition) is 6. The van der Waals surface area contributed by atoms with Crippen molar-refractivity contribution in [1.29, 1.82) is 0 Å².